The highest BCUT2D eigenvalue weighted by Gasteiger charge is 2.22. The average molecular weight is 604 g/mol. The fraction of sp³-hybridized carbons (Fsp3) is 0. The first-order chi connectivity index (χ1) is 25.4. The van der Waals surface area contributed by atoms with Crippen molar-refractivity contribution in [2.45, 2.75) is 0 Å². The zero-order chi connectivity index (χ0) is 35.5. The number of hydrogen-bond acceptors (Lipinski definition) is 1. The Morgan fingerprint density at radius 1 is 0.447 bits per heavy atom. The van der Waals surface area contributed by atoms with Crippen LogP contribution in [0.3, 0.4) is 0 Å². The molecule has 0 spiro atoms. The highest BCUT2D eigenvalue weighted by atomic mass is 15.1. The highest BCUT2D eigenvalue weighted by Crippen LogP contribution is 2.47. The number of rotatable bonds is 5. The van der Waals surface area contributed by atoms with Crippen LogP contribution in [0.25, 0.3) is 83.0 Å². The van der Waals surface area contributed by atoms with Crippen molar-refractivity contribution >= 4 is 32.6 Å². The quantitative estimate of drug-likeness (QED) is 0.179. The molecule has 9 aromatic rings. The summed E-state index contributed by atoms with van der Waals surface area (Å²) >= 11 is 0. The van der Waals surface area contributed by atoms with E-state index in [1.54, 1.807) is 0 Å². The van der Waals surface area contributed by atoms with Crippen molar-refractivity contribution in [3.05, 3.63) is 182 Å². The Kier molecular flexibility index (Phi) is 5.35. The van der Waals surface area contributed by atoms with Gasteiger partial charge >= 0.3 is 0 Å². The fourth-order valence-corrected chi connectivity index (χ4v) is 6.86. The fourth-order valence-electron chi connectivity index (χ4n) is 6.86. The van der Waals surface area contributed by atoms with Gasteiger partial charge < -0.3 is 0 Å². The van der Waals surface area contributed by atoms with Crippen molar-refractivity contribution in [2.75, 3.05) is 0 Å². The average Bonchev–Trinajstić information content (AvgIpc) is 3.59. The van der Waals surface area contributed by atoms with E-state index < -0.39 is 6.04 Å². The summed E-state index contributed by atoms with van der Waals surface area (Å²) in [6.45, 7) is 0. The van der Waals surface area contributed by atoms with E-state index in [2.05, 4.69) is 71.3 Å². The van der Waals surface area contributed by atoms with Crippen LogP contribution >= 0.6 is 0 Å². The predicted octanol–water partition coefficient (Wildman–Crippen LogP) is 12.0. The number of hydrogen-bond donors (Lipinski definition) is 0. The number of imidazole rings is 1. The van der Waals surface area contributed by atoms with Gasteiger partial charge in [-0.15, -0.1) is 0 Å². The molecule has 9 rings (SSSR count). The molecule has 0 unspecified atom stereocenters. The lowest BCUT2D eigenvalue weighted by molar-refractivity contribution is 1.10. The molecule has 0 bridgehead atoms. The summed E-state index contributed by atoms with van der Waals surface area (Å²) < 4.78 is 45.9. The standard InChI is InChI=1S/C45H30N2/c1-4-16-31(17-5-1)33-28-29-38-40(30-33)43(32-18-6-2-7-19-32)35-22-10-11-23-36(35)44(38)37-24-12-13-25-39(37)45-46-41-26-14-15-27-42(41)47(45)34-20-8-3-9-21-34/h1-30H/i2D,6D,7D,18D,19D. The Hall–Kier alpha value is -6.25. The van der Waals surface area contributed by atoms with Gasteiger partial charge in [0.15, 0.2) is 0 Å². The second-order valence-corrected chi connectivity index (χ2v) is 11.6. The first-order valence-electron chi connectivity index (χ1n) is 18.2. The van der Waals surface area contributed by atoms with Crippen LogP contribution in [0, 0.1) is 0 Å². The topological polar surface area (TPSA) is 17.8 Å². The Morgan fingerprint density at radius 3 is 1.85 bits per heavy atom. The minimum absolute atomic E-state index is 0.183. The second kappa shape index (κ2) is 11.3. The van der Waals surface area contributed by atoms with E-state index in [0.29, 0.717) is 5.56 Å². The summed E-state index contributed by atoms with van der Waals surface area (Å²) in [4.78, 5) is 5.23. The third kappa shape index (κ3) is 4.54. The molecule has 0 aliphatic rings. The zero-order valence-electron chi connectivity index (χ0n) is 30.3. The van der Waals surface area contributed by atoms with Gasteiger partial charge in [-0.3, -0.25) is 4.57 Å². The summed E-state index contributed by atoms with van der Waals surface area (Å²) in [5.41, 5.74) is 8.54. The third-order valence-corrected chi connectivity index (χ3v) is 8.89. The minimum Gasteiger partial charge on any atom is -0.292 e. The van der Waals surface area contributed by atoms with E-state index in [-0.39, 0.29) is 29.7 Å². The van der Waals surface area contributed by atoms with Gasteiger partial charge in [-0.1, -0.05) is 152 Å². The second-order valence-electron chi connectivity index (χ2n) is 11.6. The molecule has 0 saturated carbocycles. The van der Waals surface area contributed by atoms with Gasteiger partial charge in [0.1, 0.15) is 5.82 Å². The van der Waals surface area contributed by atoms with E-state index in [4.69, 9.17) is 11.8 Å². The Morgan fingerprint density at radius 2 is 1.06 bits per heavy atom. The van der Waals surface area contributed by atoms with E-state index in [0.717, 1.165) is 71.9 Å². The Labute approximate surface area is 280 Å². The lowest BCUT2D eigenvalue weighted by Crippen LogP contribution is -1.99. The van der Waals surface area contributed by atoms with Gasteiger partial charge in [-0.25, -0.2) is 4.98 Å². The summed E-state index contributed by atoms with van der Waals surface area (Å²) in [5.74, 6) is 0.802. The van der Waals surface area contributed by atoms with E-state index in [1.807, 2.05) is 84.9 Å². The first kappa shape index (κ1) is 22.3. The molecule has 8 aromatic carbocycles. The molecule has 1 aromatic heterocycles. The van der Waals surface area contributed by atoms with Gasteiger partial charge in [0.25, 0.3) is 0 Å². The maximum Gasteiger partial charge on any atom is 0.146 e. The van der Waals surface area contributed by atoms with Gasteiger partial charge in [0.05, 0.1) is 17.9 Å². The molecule has 0 radical (unpaired) electrons. The van der Waals surface area contributed by atoms with Gasteiger partial charge in [-0.2, -0.15) is 0 Å². The number of fused-ring (bicyclic) bond motifs is 3. The molecule has 0 aliphatic carbocycles. The van der Waals surface area contributed by atoms with Crippen LogP contribution in [0.5, 0.6) is 0 Å². The third-order valence-electron chi connectivity index (χ3n) is 8.89. The van der Waals surface area contributed by atoms with Crippen LogP contribution in [-0.4, -0.2) is 9.55 Å². The van der Waals surface area contributed by atoms with Crippen molar-refractivity contribution < 1.29 is 6.85 Å². The molecule has 0 aliphatic heterocycles. The number of benzene rings is 8. The molecule has 0 fully saturated rings. The van der Waals surface area contributed by atoms with Crippen LogP contribution in [0.15, 0.2) is 182 Å². The molecule has 2 heteroatoms. The maximum absolute atomic E-state index is 9.08. The lowest BCUT2D eigenvalue weighted by Gasteiger charge is -2.20. The van der Waals surface area contributed by atoms with Crippen molar-refractivity contribution in [1.29, 1.82) is 0 Å². The largest absolute Gasteiger partial charge is 0.292 e. The zero-order valence-corrected chi connectivity index (χ0v) is 25.3. The maximum atomic E-state index is 9.08. The van der Waals surface area contributed by atoms with E-state index >= 15 is 0 Å². The number of nitrogens with zero attached hydrogens (tertiary/aromatic N) is 2. The predicted molar refractivity (Wildman–Crippen MR) is 198 cm³/mol. The molecule has 1 heterocycles. The van der Waals surface area contributed by atoms with E-state index in [9.17, 15) is 0 Å². The molecule has 0 saturated heterocycles. The molecular formula is C45H30N2. The van der Waals surface area contributed by atoms with Crippen LogP contribution < -0.4 is 0 Å². The van der Waals surface area contributed by atoms with Crippen molar-refractivity contribution in [2.24, 2.45) is 0 Å². The normalized spacial score (nSPS) is 12.9. The monoisotopic (exact) mass is 603 g/mol. The molecule has 47 heavy (non-hydrogen) atoms. The van der Waals surface area contributed by atoms with Gasteiger partial charge in [0, 0.05) is 11.3 Å². The van der Waals surface area contributed by atoms with Crippen LogP contribution in [0.2, 0.25) is 0 Å². The minimum atomic E-state index is -0.413. The van der Waals surface area contributed by atoms with Crippen LogP contribution in [-0.2, 0) is 0 Å². The van der Waals surface area contributed by atoms with Gasteiger partial charge in [-0.05, 0) is 85.3 Å². The summed E-state index contributed by atoms with van der Waals surface area (Å²) in [6.07, 6.45) is 0. The molecule has 0 amide bonds. The SMILES string of the molecule is [2H]c1c([2H])c([2H])c(-c2c3ccccc3c(-c3ccccc3-c3nc4ccccc4n3-c3ccccc3)c3ccc(-c4ccccc4)cc23)c([2H])c1[2H]. The van der Waals surface area contributed by atoms with Crippen molar-refractivity contribution in [3.63, 3.8) is 0 Å². The number of aromatic nitrogens is 2. The summed E-state index contributed by atoms with van der Waals surface area (Å²) in [5, 5.41) is 3.38. The Balaban J connectivity index is 1.44. The first-order valence-corrected chi connectivity index (χ1v) is 15.7. The molecular weight excluding hydrogens is 569 g/mol. The molecule has 0 N–H and O–H groups in total. The van der Waals surface area contributed by atoms with Crippen molar-refractivity contribution in [3.8, 4) is 50.5 Å². The van der Waals surface area contributed by atoms with Crippen molar-refractivity contribution in [1.82, 2.24) is 9.55 Å². The summed E-state index contributed by atoms with van der Waals surface area (Å²) in [7, 11) is 0. The van der Waals surface area contributed by atoms with Crippen LogP contribution in [0.4, 0.5) is 0 Å². The lowest BCUT2D eigenvalue weighted by atomic mass is 9.83. The molecule has 220 valence electrons. The van der Waals surface area contributed by atoms with Gasteiger partial charge in [0.2, 0.25) is 0 Å². The van der Waals surface area contributed by atoms with Crippen LogP contribution in [0.1, 0.15) is 6.85 Å². The smallest absolute Gasteiger partial charge is 0.146 e. The molecule has 0 atom stereocenters. The summed E-state index contributed by atoms with van der Waals surface area (Å²) in [6, 6.07) is 49.5. The van der Waals surface area contributed by atoms with E-state index in [1.165, 1.54) is 0 Å². The Bertz CT molecular complexity index is 2820. The number of para-hydroxylation sites is 3. The highest BCUT2D eigenvalue weighted by molar-refractivity contribution is 6.23. The molecule has 2 nitrogen and oxygen atoms in total.